The Kier molecular flexibility index (Phi) is 4.03. The molecule has 0 spiro atoms. The molecule has 0 aliphatic heterocycles. The number of nitriles is 1. The standard InChI is InChI=1S/C16H8Cl2N2S/c17-13-6-5-12(8-14(13)18)21-16-11(9-19)7-10-3-1-2-4-15(10)20-16/h1-8H. The number of fused-ring (bicyclic) bond motifs is 1. The monoisotopic (exact) mass is 330 g/mol. The smallest absolute Gasteiger partial charge is 0.119 e. The Balaban J connectivity index is 2.06. The van der Waals surface area contributed by atoms with E-state index in [1.54, 1.807) is 12.1 Å². The van der Waals surface area contributed by atoms with E-state index in [0.29, 0.717) is 20.6 Å². The molecule has 0 saturated carbocycles. The molecule has 1 aromatic heterocycles. The highest BCUT2D eigenvalue weighted by Gasteiger charge is 2.09. The lowest BCUT2D eigenvalue weighted by molar-refractivity contribution is 1.16. The second-order valence-corrected chi connectivity index (χ2v) is 6.20. The maximum absolute atomic E-state index is 9.30. The van der Waals surface area contributed by atoms with Crippen molar-refractivity contribution in [3.05, 3.63) is 64.1 Å². The Morgan fingerprint density at radius 1 is 1.00 bits per heavy atom. The van der Waals surface area contributed by atoms with Gasteiger partial charge in [0.1, 0.15) is 11.1 Å². The van der Waals surface area contributed by atoms with E-state index in [0.717, 1.165) is 15.8 Å². The average molecular weight is 331 g/mol. The summed E-state index contributed by atoms with van der Waals surface area (Å²) in [5.74, 6) is 0. The van der Waals surface area contributed by atoms with E-state index in [2.05, 4.69) is 11.1 Å². The summed E-state index contributed by atoms with van der Waals surface area (Å²) < 4.78 is 0. The van der Waals surface area contributed by atoms with E-state index in [1.165, 1.54) is 11.8 Å². The van der Waals surface area contributed by atoms with E-state index < -0.39 is 0 Å². The van der Waals surface area contributed by atoms with Crippen LogP contribution in [0.2, 0.25) is 10.0 Å². The minimum atomic E-state index is 0.487. The van der Waals surface area contributed by atoms with Gasteiger partial charge in [-0.25, -0.2) is 4.98 Å². The lowest BCUT2D eigenvalue weighted by Gasteiger charge is -2.06. The van der Waals surface area contributed by atoms with Gasteiger partial charge >= 0.3 is 0 Å². The summed E-state index contributed by atoms with van der Waals surface area (Å²) in [6.45, 7) is 0. The van der Waals surface area contributed by atoms with Crippen molar-refractivity contribution in [2.75, 3.05) is 0 Å². The van der Waals surface area contributed by atoms with Crippen LogP contribution in [0.3, 0.4) is 0 Å². The Morgan fingerprint density at radius 2 is 1.81 bits per heavy atom. The predicted octanol–water partition coefficient (Wildman–Crippen LogP) is 5.56. The molecule has 0 saturated heterocycles. The number of aromatic nitrogens is 1. The van der Waals surface area contributed by atoms with Crippen LogP contribution in [0.15, 0.2) is 58.5 Å². The average Bonchev–Trinajstić information content (AvgIpc) is 2.50. The Hall–Kier alpha value is -1.73. The summed E-state index contributed by atoms with van der Waals surface area (Å²) in [6.07, 6.45) is 0. The summed E-state index contributed by atoms with van der Waals surface area (Å²) in [4.78, 5) is 5.45. The molecule has 0 atom stereocenters. The van der Waals surface area contributed by atoms with E-state index in [9.17, 15) is 5.26 Å². The molecule has 3 rings (SSSR count). The van der Waals surface area contributed by atoms with Crippen LogP contribution in [0, 0.1) is 11.3 Å². The molecule has 0 fully saturated rings. The molecule has 2 nitrogen and oxygen atoms in total. The van der Waals surface area contributed by atoms with Gasteiger partial charge in [0.05, 0.1) is 21.1 Å². The third kappa shape index (κ3) is 2.98. The molecule has 0 aliphatic carbocycles. The van der Waals surface area contributed by atoms with Gasteiger partial charge < -0.3 is 0 Å². The molecular weight excluding hydrogens is 323 g/mol. The van der Waals surface area contributed by atoms with Gasteiger partial charge in [-0.15, -0.1) is 0 Å². The van der Waals surface area contributed by atoms with Gasteiger partial charge in [-0.1, -0.05) is 53.2 Å². The summed E-state index contributed by atoms with van der Waals surface area (Å²) in [6, 6.07) is 17.1. The molecule has 2 aromatic carbocycles. The zero-order valence-corrected chi connectivity index (χ0v) is 13.0. The molecular formula is C16H8Cl2N2S. The highest BCUT2D eigenvalue weighted by atomic mass is 35.5. The number of hydrogen-bond donors (Lipinski definition) is 0. The number of para-hydroxylation sites is 1. The van der Waals surface area contributed by atoms with Gasteiger partial charge in [-0.05, 0) is 30.3 Å². The van der Waals surface area contributed by atoms with Crippen LogP contribution in [0.4, 0.5) is 0 Å². The van der Waals surface area contributed by atoms with Crippen LogP contribution in [0.1, 0.15) is 5.56 Å². The van der Waals surface area contributed by atoms with Crippen molar-refractivity contribution >= 4 is 45.9 Å². The zero-order valence-electron chi connectivity index (χ0n) is 10.7. The molecule has 0 aliphatic rings. The molecule has 0 bridgehead atoms. The third-order valence-corrected chi connectivity index (χ3v) is 4.65. The van der Waals surface area contributed by atoms with Gasteiger partial charge in [-0.2, -0.15) is 5.26 Å². The number of halogens is 2. The quantitative estimate of drug-likeness (QED) is 0.616. The number of hydrogen-bond acceptors (Lipinski definition) is 3. The minimum Gasteiger partial charge on any atom is -0.240 e. The Bertz CT molecular complexity index is 872. The first-order chi connectivity index (χ1) is 10.2. The fourth-order valence-corrected chi connectivity index (χ4v) is 3.17. The molecule has 0 amide bonds. The number of rotatable bonds is 2. The highest BCUT2D eigenvalue weighted by molar-refractivity contribution is 7.99. The van der Waals surface area contributed by atoms with Crippen molar-refractivity contribution in [2.24, 2.45) is 0 Å². The van der Waals surface area contributed by atoms with Crippen molar-refractivity contribution in [1.29, 1.82) is 5.26 Å². The summed E-state index contributed by atoms with van der Waals surface area (Å²) in [5, 5.41) is 11.9. The number of pyridine rings is 1. The van der Waals surface area contributed by atoms with Crippen molar-refractivity contribution in [2.45, 2.75) is 9.92 Å². The maximum atomic E-state index is 9.30. The molecule has 0 unspecified atom stereocenters. The van der Waals surface area contributed by atoms with Crippen LogP contribution in [0.5, 0.6) is 0 Å². The molecule has 102 valence electrons. The Labute approximate surface area is 136 Å². The number of nitrogens with zero attached hydrogens (tertiary/aromatic N) is 2. The van der Waals surface area contributed by atoms with E-state index in [1.807, 2.05) is 36.4 Å². The fourth-order valence-electron chi connectivity index (χ4n) is 1.91. The van der Waals surface area contributed by atoms with Gasteiger partial charge in [0.2, 0.25) is 0 Å². The first-order valence-corrected chi connectivity index (χ1v) is 7.67. The lowest BCUT2D eigenvalue weighted by Crippen LogP contribution is -1.89. The maximum Gasteiger partial charge on any atom is 0.119 e. The lowest BCUT2D eigenvalue weighted by atomic mass is 10.2. The first kappa shape index (κ1) is 14.2. The summed E-state index contributed by atoms with van der Waals surface area (Å²) in [5.41, 5.74) is 1.41. The summed E-state index contributed by atoms with van der Waals surface area (Å²) >= 11 is 13.3. The largest absolute Gasteiger partial charge is 0.240 e. The van der Waals surface area contributed by atoms with Crippen LogP contribution in [-0.2, 0) is 0 Å². The normalized spacial score (nSPS) is 10.5. The molecule has 5 heteroatoms. The minimum absolute atomic E-state index is 0.487. The molecule has 1 heterocycles. The highest BCUT2D eigenvalue weighted by Crippen LogP contribution is 2.34. The van der Waals surface area contributed by atoms with E-state index in [-0.39, 0.29) is 0 Å². The first-order valence-electron chi connectivity index (χ1n) is 6.10. The molecule has 3 aromatic rings. The van der Waals surface area contributed by atoms with Gasteiger partial charge in [0.15, 0.2) is 0 Å². The van der Waals surface area contributed by atoms with Crippen LogP contribution < -0.4 is 0 Å². The second kappa shape index (κ2) is 5.95. The molecule has 0 radical (unpaired) electrons. The molecule has 21 heavy (non-hydrogen) atoms. The van der Waals surface area contributed by atoms with Gasteiger partial charge in [0, 0.05) is 10.3 Å². The third-order valence-electron chi connectivity index (χ3n) is 2.92. The zero-order chi connectivity index (χ0) is 14.8. The summed E-state index contributed by atoms with van der Waals surface area (Å²) in [7, 11) is 0. The van der Waals surface area contributed by atoms with Crippen LogP contribution >= 0.6 is 35.0 Å². The predicted molar refractivity (Wildman–Crippen MR) is 87.0 cm³/mol. The van der Waals surface area contributed by atoms with E-state index in [4.69, 9.17) is 23.2 Å². The van der Waals surface area contributed by atoms with Crippen molar-refractivity contribution in [3.63, 3.8) is 0 Å². The fraction of sp³-hybridized carbons (Fsp3) is 0. The van der Waals surface area contributed by atoms with E-state index >= 15 is 0 Å². The van der Waals surface area contributed by atoms with Crippen molar-refractivity contribution in [1.82, 2.24) is 4.98 Å². The SMILES string of the molecule is N#Cc1cc2ccccc2nc1Sc1ccc(Cl)c(Cl)c1. The van der Waals surface area contributed by atoms with Crippen molar-refractivity contribution in [3.8, 4) is 6.07 Å². The number of benzene rings is 2. The topological polar surface area (TPSA) is 36.7 Å². The van der Waals surface area contributed by atoms with Crippen LogP contribution in [-0.4, -0.2) is 4.98 Å². The molecule has 0 N–H and O–H groups in total. The van der Waals surface area contributed by atoms with Gasteiger partial charge in [-0.3, -0.25) is 0 Å². The van der Waals surface area contributed by atoms with Crippen molar-refractivity contribution < 1.29 is 0 Å². The van der Waals surface area contributed by atoms with Crippen LogP contribution in [0.25, 0.3) is 10.9 Å². The second-order valence-electron chi connectivity index (χ2n) is 4.32. The Morgan fingerprint density at radius 3 is 2.57 bits per heavy atom. The van der Waals surface area contributed by atoms with Gasteiger partial charge in [0.25, 0.3) is 0 Å².